The average Bonchev–Trinajstić information content (AvgIpc) is 2.37. The zero-order valence-electron chi connectivity index (χ0n) is 9.45. The van der Waals surface area contributed by atoms with Gasteiger partial charge in [-0.05, 0) is 30.3 Å². The van der Waals surface area contributed by atoms with Crippen molar-refractivity contribution >= 4 is 23.6 Å². The van der Waals surface area contributed by atoms with Gasteiger partial charge >= 0.3 is 0 Å². The number of pyridine rings is 1. The molecule has 2 rings (SSSR count). The number of aromatic nitrogens is 1. The third-order valence-electron chi connectivity index (χ3n) is 2.33. The Morgan fingerprint density at radius 2 is 1.94 bits per heavy atom. The molecule has 90 valence electrons. The second-order valence-electron chi connectivity index (χ2n) is 3.70. The summed E-state index contributed by atoms with van der Waals surface area (Å²) in [7, 11) is 0. The number of benzene rings is 1. The normalized spacial score (nSPS) is 10.7. The number of hydrogen-bond donors (Lipinski definition) is 1. The minimum atomic E-state index is -0.123. The molecule has 0 unspecified atom stereocenters. The monoisotopic (exact) mass is 260 g/mol. The van der Waals surface area contributed by atoms with Gasteiger partial charge in [0.2, 0.25) is 6.20 Å². The summed E-state index contributed by atoms with van der Waals surface area (Å²) in [5.74, 6) is 0.0172. The molecule has 1 N–H and O–H groups in total. The topological polar surface area (TPSA) is 41.2 Å². The van der Waals surface area contributed by atoms with Crippen molar-refractivity contribution in [1.82, 2.24) is 0 Å². The van der Waals surface area contributed by atoms with E-state index in [-0.39, 0.29) is 11.5 Å². The van der Waals surface area contributed by atoms with Crippen molar-refractivity contribution in [2.75, 3.05) is 0 Å². The van der Waals surface area contributed by atoms with Crippen LogP contribution in [0.2, 0.25) is 5.02 Å². The molecule has 0 bridgehead atoms. The van der Waals surface area contributed by atoms with Crippen LogP contribution in [-0.4, -0.2) is 10.9 Å². The van der Waals surface area contributed by atoms with E-state index < -0.39 is 0 Å². The van der Waals surface area contributed by atoms with Crippen LogP contribution in [0.5, 0.6) is 5.75 Å². The molecule has 0 spiro atoms. The van der Waals surface area contributed by atoms with Crippen molar-refractivity contribution < 1.29 is 14.5 Å². The minimum Gasteiger partial charge on any atom is -0.503 e. The predicted octanol–water partition coefficient (Wildman–Crippen LogP) is 2.69. The van der Waals surface area contributed by atoms with Gasteiger partial charge in [0.15, 0.2) is 23.9 Å². The highest BCUT2D eigenvalue weighted by Crippen LogP contribution is 2.10. The Morgan fingerprint density at radius 1 is 1.22 bits per heavy atom. The van der Waals surface area contributed by atoms with E-state index in [1.807, 2.05) is 0 Å². The maximum Gasteiger partial charge on any atom is 0.216 e. The van der Waals surface area contributed by atoms with Crippen LogP contribution in [0.25, 0.3) is 6.20 Å². The van der Waals surface area contributed by atoms with E-state index in [0.717, 1.165) is 0 Å². The number of carbonyl (C=O) groups is 1. The van der Waals surface area contributed by atoms with Crippen LogP contribution in [0.1, 0.15) is 10.4 Å². The van der Waals surface area contributed by atoms with E-state index >= 15 is 0 Å². The Hall–Kier alpha value is -2.13. The number of carbonyl (C=O) groups excluding carboxylic acids is 1. The van der Waals surface area contributed by atoms with Gasteiger partial charge in [-0.2, -0.15) is 4.57 Å². The Bertz CT molecular complexity index is 591. The van der Waals surface area contributed by atoms with Crippen LogP contribution in [0.3, 0.4) is 0 Å². The van der Waals surface area contributed by atoms with Crippen molar-refractivity contribution in [3.8, 4) is 5.75 Å². The number of aromatic hydroxyl groups is 1. The summed E-state index contributed by atoms with van der Waals surface area (Å²) in [6.45, 7) is 0. The fraction of sp³-hybridized carbons (Fsp3) is 0. The average molecular weight is 261 g/mol. The molecule has 0 saturated heterocycles. The van der Waals surface area contributed by atoms with Gasteiger partial charge in [0, 0.05) is 16.7 Å². The van der Waals surface area contributed by atoms with Crippen LogP contribution in [0.15, 0.2) is 54.9 Å². The minimum absolute atomic E-state index is 0.123. The second kappa shape index (κ2) is 5.47. The molecule has 0 fully saturated rings. The van der Waals surface area contributed by atoms with Crippen LogP contribution >= 0.6 is 11.6 Å². The molecule has 1 aromatic carbocycles. The Morgan fingerprint density at radius 3 is 2.61 bits per heavy atom. The summed E-state index contributed by atoms with van der Waals surface area (Å²) >= 11 is 5.75. The number of ketones is 1. The lowest BCUT2D eigenvalue weighted by Gasteiger charge is -1.94. The van der Waals surface area contributed by atoms with E-state index in [9.17, 15) is 9.90 Å². The summed E-state index contributed by atoms with van der Waals surface area (Å²) in [6, 6.07) is 9.93. The zero-order valence-corrected chi connectivity index (χ0v) is 10.2. The molecule has 3 nitrogen and oxygen atoms in total. The van der Waals surface area contributed by atoms with Crippen molar-refractivity contribution in [1.29, 1.82) is 0 Å². The van der Waals surface area contributed by atoms with Gasteiger partial charge < -0.3 is 5.11 Å². The number of halogens is 1. The molecule has 0 atom stereocenters. The van der Waals surface area contributed by atoms with Crippen molar-refractivity contribution in [2.24, 2.45) is 0 Å². The number of hydrogen-bond acceptors (Lipinski definition) is 2. The maximum atomic E-state index is 11.8. The Balaban J connectivity index is 2.14. The number of rotatable bonds is 3. The van der Waals surface area contributed by atoms with Crippen LogP contribution in [0.4, 0.5) is 0 Å². The van der Waals surface area contributed by atoms with Gasteiger partial charge in [-0.3, -0.25) is 4.79 Å². The lowest BCUT2D eigenvalue weighted by molar-refractivity contribution is -0.568. The first-order valence-electron chi connectivity index (χ1n) is 5.33. The largest absolute Gasteiger partial charge is 0.503 e. The molecule has 0 aliphatic heterocycles. The van der Waals surface area contributed by atoms with Gasteiger partial charge in [0.05, 0.1) is 6.08 Å². The second-order valence-corrected chi connectivity index (χ2v) is 4.13. The Kier molecular flexibility index (Phi) is 3.75. The van der Waals surface area contributed by atoms with Crippen LogP contribution in [-0.2, 0) is 0 Å². The smallest absolute Gasteiger partial charge is 0.216 e. The molecule has 4 heteroatoms. The Labute approximate surface area is 110 Å². The third-order valence-corrected chi connectivity index (χ3v) is 2.59. The molecule has 1 aromatic heterocycles. The first-order chi connectivity index (χ1) is 8.65. The molecule has 1 heterocycles. The summed E-state index contributed by atoms with van der Waals surface area (Å²) in [6.07, 6.45) is 6.25. The number of nitrogens with zero attached hydrogens (tertiary/aromatic N) is 1. The lowest BCUT2D eigenvalue weighted by atomic mass is 10.1. The molecule has 0 radical (unpaired) electrons. The van der Waals surface area contributed by atoms with Crippen molar-refractivity contribution in [3.63, 3.8) is 0 Å². The van der Waals surface area contributed by atoms with Crippen molar-refractivity contribution in [2.45, 2.75) is 0 Å². The zero-order chi connectivity index (χ0) is 13.0. The molecule has 0 amide bonds. The van der Waals surface area contributed by atoms with Gasteiger partial charge in [-0.15, -0.1) is 0 Å². The molecule has 18 heavy (non-hydrogen) atoms. The van der Waals surface area contributed by atoms with Crippen LogP contribution in [0, 0.1) is 0 Å². The fourth-order valence-corrected chi connectivity index (χ4v) is 1.56. The highest BCUT2D eigenvalue weighted by atomic mass is 35.5. The fourth-order valence-electron chi connectivity index (χ4n) is 1.44. The van der Waals surface area contributed by atoms with Gasteiger partial charge in [0.1, 0.15) is 0 Å². The number of allylic oxidation sites excluding steroid dienone is 1. The van der Waals surface area contributed by atoms with E-state index in [0.29, 0.717) is 10.6 Å². The highest BCUT2D eigenvalue weighted by Gasteiger charge is 2.03. The highest BCUT2D eigenvalue weighted by molar-refractivity contribution is 6.30. The summed E-state index contributed by atoms with van der Waals surface area (Å²) < 4.78 is 1.60. The van der Waals surface area contributed by atoms with Crippen LogP contribution < -0.4 is 4.57 Å². The molecule has 0 saturated carbocycles. The third kappa shape index (κ3) is 3.18. The maximum absolute atomic E-state index is 11.8. The first-order valence-corrected chi connectivity index (χ1v) is 5.71. The standard InChI is InChI=1S/C14H10ClNO2/c15-12-5-3-11(4-6-12)14(18)7-9-16-8-1-2-13(17)10-16/h1-10H/p+1/b9-7+. The molecular weight excluding hydrogens is 250 g/mol. The quantitative estimate of drug-likeness (QED) is 0.524. The summed E-state index contributed by atoms with van der Waals surface area (Å²) in [4.78, 5) is 11.8. The molecular formula is C14H11ClNO2+. The van der Waals surface area contributed by atoms with Gasteiger partial charge in [-0.25, -0.2) is 0 Å². The van der Waals surface area contributed by atoms with Gasteiger partial charge in [0.25, 0.3) is 0 Å². The molecule has 2 aromatic rings. The summed E-state index contributed by atoms with van der Waals surface area (Å²) in [5, 5.41) is 9.87. The van der Waals surface area contributed by atoms with Crippen molar-refractivity contribution in [3.05, 3.63) is 65.5 Å². The molecule has 0 aliphatic carbocycles. The lowest BCUT2D eigenvalue weighted by Crippen LogP contribution is -2.24. The molecule has 0 aliphatic rings. The van der Waals surface area contributed by atoms with E-state index in [4.69, 9.17) is 11.6 Å². The van der Waals surface area contributed by atoms with E-state index in [2.05, 4.69) is 0 Å². The van der Waals surface area contributed by atoms with Gasteiger partial charge in [-0.1, -0.05) is 11.6 Å². The summed E-state index contributed by atoms with van der Waals surface area (Å²) in [5.41, 5.74) is 0.566. The van der Waals surface area contributed by atoms with E-state index in [1.54, 1.807) is 53.4 Å². The van der Waals surface area contributed by atoms with E-state index in [1.165, 1.54) is 12.3 Å². The SMILES string of the molecule is O=C(/C=C/[n+]1cccc(O)c1)c1ccc(Cl)cc1. The first kappa shape index (κ1) is 12.3. The predicted molar refractivity (Wildman–Crippen MR) is 69.4 cm³/mol.